The zero-order chi connectivity index (χ0) is 13.0. The van der Waals surface area contributed by atoms with Crippen LogP contribution < -0.4 is 0 Å². The van der Waals surface area contributed by atoms with Gasteiger partial charge in [-0.1, -0.05) is 12.1 Å². The lowest BCUT2D eigenvalue weighted by atomic mass is 9.72. The third-order valence-electron chi connectivity index (χ3n) is 5.07. The quantitative estimate of drug-likeness (QED) is 0.820. The fourth-order valence-corrected chi connectivity index (χ4v) is 4.19. The van der Waals surface area contributed by atoms with Gasteiger partial charge in [0.2, 0.25) is 0 Å². The Kier molecular flexibility index (Phi) is 2.47. The number of benzene rings is 1. The smallest absolute Gasteiger partial charge is 0.0471 e. The Morgan fingerprint density at radius 2 is 2.32 bits per heavy atom. The first-order chi connectivity index (χ1) is 9.28. The maximum Gasteiger partial charge on any atom is 0.0471 e. The number of hydrogen-bond donors (Lipinski definition) is 2. The number of rotatable bonds is 1. The van der Waals surface area contributed by atoms with Gasteiger partial charge in [0.15, 0.2) is 0 Å². The predicted molar refractivity (Wildman–Crippen MR) is 76.4 cm³/mol. The third kappa shape index (κ3) is 1.58. The molecule has 3 heteroatoms. The lowest BCUT2D eigenvalue weighted by molar-refractivity contribution is 0.0772. The van der Waals surface area contributed by atoms with Gasteiger partial charge in [0.1, 0.15) is 0 Å². The number of hydrogen-bond acceptors (Lipinski definition) is 2. The maximum absolute atomic E-state index is 9.52. The molecule has 1 saturated heterocycles. The van der Waals surface area contributed by atoms with Crippen LogP contribution >= 0.6 is 0 Å². The summed E-state index contributed by atoms with van der Waals surface area (Å²) < 4.78 is 0. The molecular weight excluding hydrogens is 236 g/mol. The van der Waals surface area contributed by atoms with Gasteiger partial charge in [-0.05, 0) is 43.0 Å². The van der Waals surface area contributed by atoms with E-state index in [1.165, 1.54) is 22.0 Å². The third-order valence-corrected chi connectivity index (χ3v) is 5.07. The largest absolute Gasteiger partial charge is 0.396 e. The number of aliphatic hydroxyl groups excluding tert-OH is 1. The summed E-state index contributed by atoms with van der Waals surface area (Å²) in [5, 5.41) is 11.0. The van der Waals surface area contributed by atoms with Gasteiger partial charge < -0.3 is 15.0 Å². The molecule has 2 heterocycles. The molecule has 1 fully saturated rings. The van der Waals surface area contributed by atoms with E-state index in [0.29, 0.717) is 24.5 Å². The van der Waals surface area contributed by atoms with Gasteiger partial charge in [-0.25, -0.2) is 0 Å². The molecule has 3 nitrogen and oxygen atoms in total. The number of aliphatic hydroxyl groups is 1. The molecule has 1 aliphatic carbocycles. The minimum atomic E-state index is 0.309. The van der Waals surface area contributed by atoms with E-state index in [1.807, 2.05) is 0 Å². The summed E-state index contributed by atoms with van der Waals surface area (Å²) in [6.45, 7) is 1.33. The summed E-state index contributed by atoms with van der Waals surface area (Å²) in [4.78, 5) is 5.85. The topological polar surface area (TPSA) is 39.3 Å². The molecule has 3 atom stereocenters. The second-order valence-electron chi connectivity index (χ2n) is 6.19. The summed E-state index contributed by atoms with van der Waals surface area (Å²) in [6, 6.07) is 7.20. The number of nitrogens with one attached hydrogen (secondary N) is 1. The van der Waals surface area contributed by atoms with Crippen molar-refractivity contribution in [3.8, 4) is 0 Å². The number of aromatic amines is 1. The van der Waals surface area contributed by atoms with E-state index in [9.17, 15) is 5.11 Å². The Morgan fingerprint density at radius 3 is 3.16 bits per heavy atom. The van der Waals surface area contributed by atoms with Gasteiger partial charge in [0, 0.05) is 42.2 Å². The van der Waals surface area contributed by atoms with Crippen LogP contribution in [0.1, 0.15) is 23.5 Å². The van der Waals surface area contributed by atoms with E-state index >= 15 is 0 Å². The monoisotopic (exact) mass is 256 g/mol. The van der Waals surface area contributed by atoms with Gasteiger partial charge in [0.05, 0.1) is 0 Å². The van der Waals surface area contributed by atoms with E-state index in [1.54, 1.807) is 0 Å². The lowest BCUT2D eigenvalue weighted by Crippen LogP contribution is -2.48. The molecule has 0 saturated carbocycles. The molecule has 0 bridgehead atoms. The summed E-state index contributed by atoms with van der Waals surface area (Å²) >= 11 is 0. The highest BCUT2D eigenvalue weighted by Gasteiger charge is 2.38. The first kappa shape index (κ1) is 11.5. The van der Waals surface area contributed by atoms with Crippen molar-refractivity contribution >= 4 is 10.9 Å². The Labute approximate surface area is 113 Å². The summed E-state index contributed by atoms with van der Waals surface area (Å²) in [7, 11) is 2.21. The number of fused-ring (bicyclic) bond motifs is 2. The van der Waals surface area contributed by atoms with E-state index < -0.39 is 0 Å². The number of piperidine rings is 1. The van der Waals surface area contributed by atoms with Crippen molar-refractivity contribution in [1.29, 1.82) is 0 Å². The van der Waals surface area contributed by atoms with E-state index in [4.69, 9.17) is 0 Å². The van der Waals surface area contributed by atoms with Crippen molar-refractivity contribution in [2.24, 2.45) is 5.92 Å². The Morgan fingerprint density at radius 1 is 1.42 bits per heavy atom. The molecule has 19 heavy (non-hydrogen) atoms. The highest BCUT2D eigenvalue weighted by Crippen LogP contribution is 2.44. The van der Waals surface area contributed by atoms with E-state index in [2.05, 4.69) is 41.3 Å². The summed E-state index contributed by atoms with van der Waals surface area (Å²) in [5.74, 6) is 0.991. The first-order valence-electron chi connectivity index (χ1n) is 7.18. The van der Waals surface area contributed by atoms with Gasteiger partial charge in [-0.15, -0.1) is 0 Å². The molecule has 0 spiro atoms. The SMILES string of the molecule is CN1C[C@H](CO)C[C@H]2c3cccc4[nH]cc(c34)C[C@@H]21. The fourth-order valence-electron chi connectivity index (χ4n) is 4.19. The van der Waals surface area contributed by atoms with Crippen LogP contribution in [0.2, 0.25) is 0 Å². The predicted octanol–water partition coefficient (Wildman–Crippen LogP) is 2.12. The van der Waals surface area contributed by atoms with Crippen molar-refractivity contribution in [2.45, 2.75) is 24.8 Å². The minimum Gasteiger partial charge on any atom is -0.396 e. The minimum absolute atomic E-state index is 0.309. The van der Waals surface area contributed by atoms with Crippen molar-refractivity contribution in [3.63, 3.8) is 0 Å². The van der Waals surface area contributed by atoms with Crippen LogP contribution in [-0.4, -0.2) is 41.2 Å². The normalized spacial score (nSPS) is 30.5. The average Bonchev–Trinajstić information content (AvgIpc) is 2.85. The fraction of sp³-hybridized carbons (Fsp3) is 0.500. The Balaban J connectivity index is 1.86. The average molecular weight is 256 g/mol. The molecule has 0 unspecified atom stereocenters. The number of nitrogens with zero attached hydrogens (tertiary/aromatic N) is 1. The molecule has 0 radical (unpaired) electrons. The number of H-pyrrole nitrogens is 1. The van der Waals surface area contributed by atoms with E-state index in [-0.39, 0.29) is 0 Å². The zero-order valence-corrected chi connectivity index (χ0v) is 11.3. The van der Waals surface area contributed by atoms with Crippen LogP contribution in [-0.2, 0) is 6.42 Å². The van der Waals surface area contributed by atoms with Crippen LogP contribution in [0.3, 0.4) is 0 Å². The molecule has 1 aromatic carbocycles. The van der Waals surface area contributed by atoms with Crippen molar-refractivity contribution in [3.05, 3.63) is 35.5 Å². The standard InChI is InChI=1S/C16H20N2O/c1-18-8-10(9-19)5-13-12-3-2-4-14-16(12)11(7-17-14)6-15(13)18/h2-4,7,10,13,15,17,19H,5-6,8-9H2,1H3/t10-,13+,15+/m1/s1. The van der Waals surface area contributed by atoms with Gasteiger partial charge >= 0.3 is 0 Å². The number of aromatic nitrogens is 1. The second kappa shape index (κ2) is 4.09. The zero-order valence-electron chi connectivity index (χ0n) is 11.3. The first-order valence-corrected chi connectivity index (χ1v) is 7.18. The maximum atomic E-state index is 9.52. The number of likely N-dealkylation sites (tertiary alicyclic amines) is 1. The van der Waals surface area contributed by atoms with Gasteiger partial charge in [-0.2, -0.15) is 0 Å². The Bertz CT molecular complexity index is 618. The molecule has 2 aliphatic rings. The van der Waals surface area contributed by atoms with E-state index in [0.717, 1.165) is 19.4 Å². The van der Waals surface area contributed by atoms with Crippen molar-refractivity contribution < 1.29 is 5.11 Å². The van der Waals surface area contributed by atoms with Crippen LogP contribution in [0, 0.1) is 5.92 Å². The molecule has 1 aromatic heterocycles. The van der Waals surface area contributed by atoms with Gasteiger partial charge in [0.25, 0.3) is 0 Å². The molecular formula is C16H20N2O. The van der Waals surface area contributed by atoms with Crippen LogP contribution in [0.25, 0.3) is 10.9 Å². The van der Waals surface area contributed by atoms with Crippen molar-refractivity contribution in [1.82, 2.24) is 9.88 Å². The summed E-state index contributed by atoms with van der Waals surface area (Å²) in [6.07, 6.45) is 4.43. The molecule has 2 aromatic rings. The molecule has 100 valence electrons. The highest BCUT2D eigenvalue weighted by molar-refractivity contribution is 5.88. The van der Waals surface area contributed by atoms with Gasteiger partial charge in [-0.3, -0.25) is 0 Å². The Hall–Kier alpha value is -1.32. The molecule has 4 rings (SSSR count). The van der Waals surface area contributed by atoms with Crippen LogP contribution in [0.4, 0.5) is 0 Å². The second-order valence-corrected chi connectivity index (χ2v) is 6.19. The number of likely N-dealkylation sites (N-methyl/N-ethyl adjacent to an activating group) is 1. The lowest BCUT2D eigenvalue weighted by Gasteiger charge is -2.45. The summed E-state index contributed by atoms with van der Waals surface area (Å²) in [5.41, 5.74) is 4.20. The van der Waals surface area contributed by atoms with Crippen LogP contribution in [0.15, 0.2) is 24.4 Å². The molecule has 2 N–H and O–H groups in total. The molecule has 1 aliphatic heterocycles. The molecule has 0 amide bonds. The van der Waals surface area contributed by atoms with Crippen LogP contribution in [0.5, 0.6) is 0 Å². The van der Waals surface area contributed by atoms with Crippen molar-refractivity contribution in [2.75, 3.05) is 20.2 Å². The highest BCUT2D eigenvalue weighted by atomic mass is 16.3.